The van der Waals surface area contributed by atoms with Crippen LogP contribution < -0.4 is 4.74 Å². The number of para-hydroxylation sites is 1. The van der Waals surface area contributed by atoms with Crippen LogP contribution in [0.2, 0.25) is 0 Å². The Morgan fingerprint density at radius 2 is 1.62 bits per heavy atom. The minimum atomic E-state index is -0.196. The number of hydrogen-bond donors (Lipinski definition) is 0. The number of thiophene rings is 1. The van der Waals surface area contributed by atoms with Crippen LogP contribution in [0.4, 0.5) is 0 Å². The first-order chi connectivity index (χ1) is 16.8. The fraction of sp³-hybridized carbons (Fsp3) is 0.194. The molecule has 3 heterocycles. The van der Waals surface area contributed by atoms with Gasteiger partial charge in [0.15, 0.2) is 6.10 Å². The van der Waals surface area contributed by atoms with E-state index in [0.717, 1.165) is 29.0 Å². The number of aromatic nitrogens is 1. The molecule has 0 radical (unpaired) electrons. The Hall–Kier alpha value is -3.43. The molecular weight excluding hydrogens is 434 g/mol. The fourth-order valence-electron chi connectivity index (χ4n) is 5.60. The van der Waals surface area contributed by atoms with Gasteiger partial charge in [-0.1, -0.05) is 72.3 Å². The lowest BCUT2D eigenvalue weighted by Gasteiger charge is -2.31. The summed E-state index contributed by atoms with van der Waals surface area (Å²) in [5.74, 6) is 0.909. The summed E-state index contributed by atoms with van der Waals surface area (Å²) in [6.07, 6.45) is 4.65. The van der Waals surface area contributed by atoms with Gasteiger partial charge in [0.2, 0.25) is 0 Å². The van der Waals surface area contributed by atoms with Crippen molar-refractivity contribution in [2.75, 3.05) is 0 Å². The first-order valence-electron chi connectivity index (χ1n) is 12.1. The second kappa shape index (κ2) is 7.82. The van der Waals surface area contributed by atoms with Crippen molar-refractivity contribution in [1.29, 1.82) is 0 Å². The molecule has 0 saturated heterocycles. The van der Waals surface area contributed by atoms with Gasteiger partial charge in [-0.2, -0.15) is 0 Å². The van der Waals surface area contributed by atoms with Crippen molar-refractivity contribution < 1.29 is 4.74 Å². The van der Waals surface area contributed by atoms with E-state index in [1.807, 2.05) is 11.3 Å². The van der Waals surface area contributed by atoms with Crippen molar-refractivity contribution in [2.24, 2.45) is 0 Å². The standard InChI is InChI=1S/C31H25NOS/c1-19-15-17-20(18-16-19)26-27-23-12-6-8-14-25(23)34-31(27)32-29-22-11-5-7-13-24(22)33-30(28(26)29)21-9-3-2-4-10-21/h2-5,7,9-11,13,15-18,30H,6,8,12,14H2,1H3/t30-/m0/s1. The number of rotatable bonds is 2. The van der Waals surface area contributed by atoms with Crippen molar-refractivity contribution in [3.8, 4) is 28.1 Å². The van der Waals surface area contributed by atoms with E-state index in [4.69, 9.17) is 9.72 Å². The molecule has 0 unspecified atom stereocenters. The number of ether oxygens (including phenoxy) is 1. The third-order valence-electron chi connectivity index (χ3n) is 7.23. The van der Waals surface area contributed by atoms with Crippen LogP contribution in [0.1, 0.15) is 46.1 Å². The van der Waals surface area contributed by atoms with Crippen molar-refractivity contribution in [1.82, 2.24) is 4.98 Å². The van der Waals surface area contributed by atoms with Crippen molar-refractivity contribution in [2.45, 2.75) is 38.7 Å². The SMILES string of the molecule is Cc1ccc(-c2c3c(nc4sc5c(c24)CCCC5)-c2ccccc2O[C@H]3c2ccccc2)cc1. The summed E-state index contributed by atoms with van der Waals surface area (Å²) in [5, 5.41) is 1.35. The number of nitrogens with zero attached hydrogens (tertiary/aromatic N) is 1. The largest absolute Gasteiger partial charge is 0.480 e. The predicted octanol–water partition coefficient (Wildman–Crippen LogP) is 8.30. The maximum Gasteiger partial charge on any atom is 0.152 e. The molecule has 0 spiro atoms. The Kier molecular flexibility index (Phi) is 4.59. The lowest BCUT2D eigenvalue weighted by molar-refractivity contribution is 0.243. The number of hydrogen-bond acceptors (Lipinski definition) is 3. The molecule has 166 valence electrons. The third kappa shape index (κ3) is 3.04. The van der Waals surface area contributed by atoms with Crippen LogP contribution in [0, 0.1) is 6.92 Å². The summed E-state index contributed by atoms with van der Waals surface area (Å²) in [7, 11) is 0. The molecule has 3 heteroatoms. The van der Waals surface area contributed by atoms with Gasteiger partial charge in [-0.25, -0.2) is 4.98 Å². The Balaban J connectivity index is 1.64. The molecule has 1 atom stereocenters. The Labute approximate surface area is 203 Å². The van der Waals surface area contributed by atoms with E-state index < -0.39 is 0 Å². The summed E-state index contributed by atoms with van der Waals surface area (Å²) in [6.45, 7) is 2.15. The minimum Gasteiger partial charge on any atom is -0.480 e. The van der Waals surface area contributed by atoms with Crippen LogP contribution in [0.15, 0.2) is 78.9 Å². The first kappa shape index (κ1) is 20.0. The van der Waals surface area contributed by atoms with E-state index >= 15 is 0 Å². The molecule has 2 aliphatic rings. The molecule has 1 aliphatic carbocycles. The van der Waals surface area contributed by atoms with Gasteiger partial charge >= 0.3 is 0 Å². The Morgan fingerprint density at radius 3 is 2.47 bits per heavy atom. The van der Waals surface area contributed by atoms with Gasteiger partial charge in [0.05, 0.1) is 5.69 Å². The van der Waals surface area contributed by atoms with Crippen LogP contribution in [-0.2, 0) is 12.8 Å². The Bertz CT molecular complexity index is 1530. The van der Waals surface area contributed by atoms with Gasteiger partial charge in [0.1, 0.15) is 10.6 Å². The summed E-state index contributed by atoms with van der Waals surface area (Å²) in [5.41, 5.74) is 9.87. The molecule has 0 N–H and O–H groups in total. The lowest BCUT2D eigenvalue weighted by atomic mass is 9.84. The second-order valence-electron chi connectivity index (χ2n) is 9.41. The Morgan fingerprint density at radius 1 is 0.853 bits per heavy atom. The average Bonchev–Trinajstić information content (AvgIpc) is 3.26. The molecular formula is C31H25NOS. The topological polar surface area (TPSA) is 22.1 Å². The van der Waals surface area contributed by atoms with Crippen molar-refractivity contribution in [3.05, 3.63) is 106 Å². The van der Waals surface area contributed by atoms with E-state index in [2.05, 4.69) is 85.8 Å². The summed E-state index contributed by atoms with van der Waals surface area (Å²) in [6, 6.07) is 28.0. The maximum absolute atomic E-state index is 6.76. The van der Waals surface area contributed by atoms with E-state index in [9.17, 15) is 0 Å². The number of fused-ring (bicyclic) bond motifs is 6. The molecule has 7 rings (SSSR count). The van der Waals surface area contributed by atoms with Crippen molar-refractivity contribution >= 4 is 21.6 Å². The van der Waals surface area contributed by atoms with Crippen LogP contribution in [0.3, 0.4) is 0 Å². The monoisotopic (exact) mass is 459 g/mol. The average molecular weight is 460 g/mol. The lowest BCUT2D eigenvalue weighted by Crippen LogP contribution is -2.18. The normalized spacial score (nSPS) is 16.4. The zero-order chi connectivity index (χ0) is 22.6. The molecule has 0 amide bonds. The molecule has 5 aromatic rings. The zero-order valence-electron chi connectivity index (χ0n) is 19.2. The molecule has 0 saturated carbocycles. The molecule has 0 fully saturated rings. The predicted molar refractivity (Wildman–Crippen MR) is 141 cm³/mol. The van der Waals surface area contributed by atoms with Crippen LogP contribution >= 0.6 is 11.3 Å². The molecule has 0 bridgehead atoms. The quantitative estimate of drug-likeness (QED) is 0.265. The number of aryl methyl sites for hydroxylation is 3. The van der Waals surface area contributed by atoms with Crippen LogP contribution in [0.25, 0.3) is 32.6 Å². The van der Waals surface area contributed by atoms with Crippen molar-refractivity contribution in [3.63, 3.8) is 0 Å². The first-order valence-corrected chi connectivity index (χ1v) is 13.0. The van der Waals surface area contributed by atoms with E-state index in [0.29, 0.717) is 0 Å². The highest BCUT2D eigenvalue weighted by Crippen LogP contribution is 2.52. The van der Waals surface area contributed by atoms with Gasteiger partial charge in [-0.05, 0) is 61.4 Å². The van der Waals surface area contributed by atoms with Crippen LogP contribution in [-0.4, -0.2) is 4.98 Å². The van der Waals surface area contributed by atoms with E-state index in [-0.39, 0.29) is 6.10 Å². The number of pyridine rings is 1. The summed E-state index contributed by atoms with van der Waals surface area (Å²) >= 11 is 1.90. The molecule has 3 aromatic carbocycles. The molecule has 1 aliphatic heterocycles. The number of benzene rings is 3. The van der Waals surface area contributed by atoms with Gasteiger partial charge in [-0.3, -0.25) is 0 Å². The fourth-order valence-corrected chi connectivity index (χ4v) is 6.87. The third-order valence-corrected chi connectivity index (χ3v) is 8.42. The summed E-state index contributed by atoms with van der Waals surface area (Å²) in [4.78, 5) is 8.07. The highest BCUT2D eigenvalue weighted by molar-refractivity contribution is 7.19. The summed E-state index contributed by atoms with van der Waals surface area (Å²) < 4.78 is 6.76. The van der Waals surface area contributed by atoms with E-state index in [1.165, 1.54) is 62.2 Å². The van der Waals surface area contributed by atoms with Gasteiger partial charge in [-0.15, -0.1) is 11.3 Å². The van der Waals surface area contributed by atoms with Crippen LogP contribution in [0.5, 0.6) is 5.75 Å². The highest BCUT2D eigenvalue weighted by Gasteiger charge is 2.34. The molecule has 2 aromatic heterocycles. The molecule has 2 nitrogen and oxygen atoms in total. The maximum atomic E-state index is 6.76. The van der Waals surface area contributed by atoms with Gasteiger partial charge in [0, 0.05) is 27.0 Å². The second-order valence-corrected chi connectivity index (χ2v) is 10.5. The van der Waals surface area contributed by atoms with Gasteiger partial charge < -0.3 is 4.74 Å². The smallest absolute Gasteiger partial charge is 0.152 e. The van der Waals surface area contributed by atoms with E-state index in [1.54, 1.807) is 0 Å². The van der Waals surface area contributed by atoms with Gasteiger partial charge in [0.25, 0.3) is 0 Å². The molecule has 34 heavy (non-hydrogen) atoms. The minimum absolute atomic E-state index is 0.196. The zero-order valence-corrected chi connectivity index (χ0v) is 20.0. The highest BCUT2D eigenvalue weighted by atomic mass is 32.1.